The molecule has 0 saturated heterocycles. The molecule has 122 valence electrons. The molecule has 0 radical (unpaired) electrons. The maximum Gasteiger partial charge on any atom is 0.314 e. The van der Waals surface area contributed by atoms with Crippen LogP contribution in [0.3, 0.4) is 0 Å². The zero-order valence-corrected chi connectivity index (χ0v) is 12.9. The number of ether oxygens (including phenoxy) is 2. The highest BCUT2D eigenvalue weighted by atomic mass is 32.2. The predicted octanol–water partition coefficient (Wildman–Crippen LogP) is 4.50. The number of nitrogens with zero attached hydrogens (tertiary/aromatic N) is 1. The van der Waals surface area contributed by atoms with Crippen molar-refractivity contribution in [2.24, 2.45) is 0 Å². The van der Waals surface area contributed by atoms with E-state index < -0.39 is 10.7 Å². The van der Waals surface area contributed by atoms with Gasteiger partial charge in [0.05, 0.1) is 18.1 Å². The Labute approximate surface area is 135 Å². The lowest BCUT2D eigenvalue weighted by Gasteiger charge is -2.08. The van der Waals surface area contributed by atoms with Gasteiger partial charge in [0.25, 0.3) is 5.76 Å². The molecule has 5 nitrogen and oxygen atoms in total. The Morgan fingerprint density at radius 2 is 1.91 bits per heavy atom. The molecule has 8 heteroatoms. The van der Waals surface area contributed by atoms with Gasteiger partial charge < -0.3 is 9.47 Å². The van der Waals surface area contributed by atoms with Crippen molar-refractivity contribution in [3.8, 4) is 11.5 Å². The topological polar surface area (TPSA) is 61.6 Å². The second-order valence-electron chi connectivity index (χ2n) is 4.40. The normalized spacial score (nSPS) is 10.6. The van der Waals surface area contributed by atoms with Crippen LogP contribution in [-0.2, 0) is 6.61 Å². The van der Waals surface area contributed by atoms with Crippen LogP contribution >= 0.6 is 11.8 Å². The summed E-state index contributed by atoms with van der Waals surface area (Å²) in [6.45, 7) is 0.0901. The summed E-state index contributed by atoms with van der Waals surface area (Å²) < 4.78 is 34.9. The van der Waals surface area contributed by atoms with Gasteiger partial charge in [-0.25, -0.2) is 0 Å². The Balaban J connectivity index is 2.07. The summed E-state index contributed by atoms with van der Waals surface area (Å²) in [4.78, 5) is 10.9. The van der Waals surface area contributed by atoms with Gasteiger partial charge in [-0.3, -0.25) is 10.1 Å². The maximum atomic E-state index is 12.2. The van der Waals surface area contributed by atoms with Crippen molar-refractivity contribution in [3.63, 3.8) is 0 Å². The van der Waals surface area contributed by atoms with Crippen LogP contribution in [0.25, 0.3) is 0 Å². The second-order valence-corrected chi connectivity index (χ2v) is 5.47. The summed E-state index contributed by atoms with van der Waals surface area (Å²) in [6, 6.07) is 10.7. The lowest BCUT2D eigenvalue weighted by molar-refractivity contribution is -0.386. The summed E-state index contributed by atoms with van der Waals surface area (Å²) in [5, 5.41) is 11.0. The van der Waals surface area contributed by atoms with E-state index in [4.69, 9.17) is 9.47 Å². The molecular formula is C15H13F2NO4S. The molecule has 0 heterocycles. The highest BCUT2D eigenvalue weighted by Gasteiger charge is 2.16. The SMILES string of the molecule is COc1ccc(OCc2ccc(SC(F)F)cc2)c([N+](=O)[O-])c1. The quantitative estimate of drug-likeness (QED) is 0.422. The third-order valence-corrected chi connectivity index (χ3v) is 3.63. The molecule has 0 unspecified atom stereocenters. The standard InChI is InChI=1S/C15H13F2NO4S/c1-21-11-4-7-14(13(8-11)18(19)20)22-9-10-2-5-12(6-3-10)23-15(16)17/h2-8,15H,9H2,1H3. The lowest BCUT2D eigenvalue weighted by atomic mass is 10.2. The first-order chi connectivity index (χ1) is 11.0. The van der Waals surface area contributed by atoms with E-state index in [0.29, 0.717) is 28.0 Å². The molecule has 0 aromatic heterocycles. The molecule has 0 aliphatic rings. The summed E-state index contributed by atoms with van der Waals surface area (Å²) in [5.74, 6) is -2.00. The number of benzene rings is 2. The van der Waals surface area contributed by atoms with E-state index in [1.165, 1.54) is 19.2 Å². The molecule has 0 aliphatic heterocycles. The van der Waals surface area contributed by atoms with Gasteiger partial charge in [0.1, 0.15) is 12.4 Å². The van der Waals surface area contributed by atoms with Gasteiger partial charge in [0.2, 0.25) is 0 Å². The van der Waals surface area contributed by atoms with E-state index in [9.17, 15) is 18.9 Å². The molecular weight excluding hydrogens is 328 g/mol. The van der Waals surface area contributed by atoms with Crippen LogP contribution in [0.15, 0.2) is 47.4 Å². The third-order valence-electron chi connectivity index (χ3n) is 2.91. The fraction of sp³-hybridized carbons (Fsp3) is 0.200. The molecule has 0 atom stereocenters. The smallest absolute Gasteiger partial charge is 0.314 e. The predicted molar refractivity (Wildman–Crippen MR) is 82.3 cm³/mol. The van der Waals surface area contributed by atoms with E-state index in [1.54, 1.807) is 30.3 Å². The van der Waals surface area contributed by atoms with E-state index in [1.807, 2.05) is 0 Å². The Hall–Kier alpha value is -2.35. The van der Waals surface area contributed by atoms with E-state index in [0.717, 1.165) is 0 Å². The molecule has 0 spiro atoms. The summed E-state index contributed by atoms with van der Waals surface area (Å²) in [6.07, 6.45) is 0. The number of methoxy groups -OCH3 is 1. The van der Waals surface area contributed by atoms with Crippen LogP contribution in [0.5, 0.6) is 11.5 Å². The average Bonchev–Trinajstić information content (AvgIpc) is 2.53. The van der Waals surface area contributed by atoms with Crippen molar-refractivity contribution in [3.05, 3.63) is 58.1 Å². The zero-order chi connectivity index (χ0) is 16.8. The van der Waals surface area contributed by atoms with Crippen molar-refractivity contribution in [1.82, 2.24) is 0 Å². The van der Waals surface area contributed by atoms with E-state index in [-0.39, 0.29) is 18.0 Å². The fourth-order valence-corrected chi connectivity index (χ4v) is 2.32. The van der Waals surface area contributed by atoms with Gasteiger partial charge in [-0.15, -0.1) is 0 Å². The molecule has 2 aromatic carbocycles. The van der Waals surface area contributed by atoms with Crippen LogP contribution in [0.4, 0.5) is 14.5 Å². The number of alkyl halides is 2. The van der Waals surface area contributed by atoms with Gasteiger partial charge in [-0.2, -0.15) is 8.78 Å². The molecule has 0 bridgehead atoms. The highest BCUT2D eigenvalue weighted by molar-refractivity contribution is 7.99. The minimum atomic E-state index is -2.47. The Kier molecular flexibility index (Phi) is 5.75. The van der Waals surface area contributed by atoms with Crippen LogP contribution in [0.1, 0.15) is 5.56 Å². The Morgan fingerprint density at radius 1 is 1.22 bits per heavy atom. The molecule has 2 rings (SSSR count). The van der Waals surface area contributed by atoms with Crippen molar-refractivity contribution < 1.29 is 23.2 Å². The number of rotatable bonds is 7. The van der Waals surface area contributed by atoms with Crippen molar-refractivity contribution in [2.45, 2.75) is 17.3 Å². The average molecular weight is 341 g/mol. The fourth-order valence-electron chi connectivity index (χ4n) is 1.82. The summed E-state index contributed by atoms with van der Waals surface area (Å²) in [5.41, 5.74) is 0.517. The van der Waals surface area contributed by atoms with E-state index >= 15 is 0 Å². The molecule has 0 N–H and O–H groups in total. The van der Waals surface area contributed by atoms with Crippen LogP contribution < -0.4 is 9.47 Å². The van der Waals surface area contributed by atoms with Crippen molar-refractivity contribution in [2.75, 3.05) is 7.11 Å². The second kappa shape index (κ2) is 7.77. The van der Waals surface area contributed by atoms with Crippen LogP contribution in [0.2, 0.25) is 0 Å². The first-order valence-electron chi connectivity index (χ1n) is 6.48. The number of hydrogen-bond acceptors (Lipinski definition) is 5. The number of thioether (sulfide) groups is 1. The molecule has 0 fully saturated rings. The van der Waals surface area contributed by atoms with Gasteiger partial charge in [0, 0.05) is 4.90 Å². The number of hydrogen-bond donors (Lipinski definition) is 0. The number of halogens is 2. The van der Waals surface area contributed by atoms with Crippen molar-refractivity contribution >= 4 is 17.4 Å². The third kappa shape index (κ3) is 4.82. The van der Waals surface area contributed by atoms with Gasteiger partial charge in [-0.05, 0) is 29.8 Å². The Morgan fingerprint density at radius 3 is 2.48 bits per heavy atom. The summed E-state index contributed by atoms with van der Waals surface area (Å²) in [7, 11) is 1.42. The zero-order valence-electron chi connectivity index (χ0n) is 12.1. The van der Waals surface area contributed by atoms with Crippen LogP contribution in [-0.4, -0.2) is 17.8 Å². The highest BCUT2D eigenvalue weighted by Crippen LogP contribution is 2.32. The van der Waals surface area contributed by atoms with Gasteiger partial charge >= 0.3 is 5.69 Å². The maximum absolute atomic E-state index is 12.2. The van der Waals surface area contributed by atoms with E-state index in [2.05, 4.69) is 0 Å². The van der Waals surface area contributed by atoms with Gasteiger partial charge in [0.15, 0.2) is 5.75 Å². The minimum absolute atomic E-state index is 0.0901. The molecule has 0 aliphatic carbocycles. The number of nitro groups is 1. The molecule has 0 amide bonds. The van der Waals surface area contributed by atoms with Gasteiger partial charge in [-0.1, -0.05) is 23.9 Å². The monoisotopic (exact) mass is 341 g/mol. The minimum Gasteiger partial charge on any atom is -0.496 e. The molecule has 2 aromatic rings. The molecule has 0 saturated carbocycles. The lowest BCUT2D eigenvalue weighted by Crippen LogP contribution is -1.99. The van der Waals surface area contributed by atoms with Crippen molar-refractivity contribution in [1.29, 1.82) is 0 Å². The number of nitro benzene ring substituents is 1. The van der Waals surface area contributed by atoms with Crippen LogP contribution in [0, 0.1) is 10.1 Å². The largest absolute Gasteiger partial charge is 0.496 e. The summed E-state index contributed by atoms with van der Waals surface area (Å²) >= 11 is 0.455. The first-order valence-corrected chi connectivity index (χ1v) is 7.36. The Bertz CT molecular complexity index is 680. The first kappa shape index (κ1) is 17.0. The molecule has 23 heavy (non-hydrogen) atoms.